The van der Waals surface area contributed by atoms with Crippen LogP contribution in [0.4, 0.5) is 11.4 Å². The van der Waals surface area contributed by atoms with E-state index in [0.29, 0.717) is 11.1 Å². The number of carbonyl (C=O) groups excluding carboxylic acids is 2. The van der Waals surface area contributed by atoms with Gasteiger partial charge in [-0.2, -0.15) is 0 Å². The van der Waals surface area contributed by atoms with E-state index in [-0.39, 0.29) is 21.4 Å². The first kappa shape index (κ1) is 21.2. The molecule has 1 aliphatic rings. The van der Waals surface area contributed by atoms with Crippen molar-refractivity contribution in [1.82, 2.24) is 0 Å². The highest BCUT2D eigenvalue weighted by Crippen LogP contribution is 2.40. The lowest BCUT2D eigenvalue weighted by Gasteiger charge is -2.22. The van der Waals surface area contributed by atoms with Crippen molar-refractivity contribution in [1.29, 1.82) is 0 Å². The van der Waals surface area contributed by atoms with Crippen LogP contribution in [0.15, 0.2) is 72.4 Å². The minimum absolute atomic E-state index is 0.161. The number of likely N-dealkylation sites (N-methyl/N-ethyl adjacent to an activating group) is 1. The molecule has 1 aliphatic heterocycles. The van der Waals surface area contributed by atoms with Crippen molar-refractivity contribution < 1.29 is 9.59 Å². The van der Waals surface area contributed by atoms with Gasteiger partial charge < -0.3 is 4.90 Å². The first-order valence-corrected chi connectivity index (χ1v) is 10.5. The number of aryl methyl sites for hydroxylation is 2. The summed E-state index contributed by atoms with van der Waals surface area (Å²) in [5, 5.41) is 0.436. The van der Waals surface area contributed by atoms with E-state index in [9.17, 15) is 9.59 Å². The maximum atomic E-state index is 13.6. The van der Waals surface area contributed by atoms with Crippen LogP contribution in [0.2, 0.25) is 10.0 Å². The third-order valence-corrected chi connectivity index (χ3v) is 6.31. The van der Waals surface area contributed by atoms with Gasteiger partial charge in [-0.1, -0.05) is 65.7 Å². The molecule has 0 atom stereocenters. The van der Waals surface area contributed by atoms with E-state index in [4.69, 9.17) is 23.2 Å². The highest BCUT2D eigenvalue weighted by molar-refractivity contribution is 6.50. The van der Waals surface area contributed by atoms with Gasteiger partial charge in [0.2, 0.25) is 0 Å². The third-order valence-electron chi connectivity index (χ3n) is 5.51. The number of rotatable bonds is 4. The van der Waals surface area contributed by atoms with E-state index in [1.807, 2.05) is 62.4 Å². The fourth-order valence-corrected chi connectivity index (χ4v) is 4.03. The van der Waals surface area contributed by atoms with E-state index >= 15 is 0 Å². The molecule has 1 heterocycles. The molecule has 0 unspecified atom stereocenters. The number of para-hydroxylation sites is 1. The average molecular weight is 451 g/mol. The zero-order valence-electron chi connectivity index (χ0n) is 17.3. The number of hydrogen-bond acceptors (Lipinski definition) is 3. The van der Waals surface area contributed by atoms with Gasteiger partial charge in [-0.15, -0.1) is 0 Å². The molecule has 0 fully saturated rings. The van der Waals surface area contributed by atoms with E-state index in [2.05, 4.69) is 0 Å². The summed E-state index contributed by atoms with van der Waals surface area (Å²) in [5.74, 6) is -0.885. The summed E-state index contributed by atoms with van der Waals surface area (Å²) in [6.07, 6.45) is 0. The Hall–Kier alpha value is -3.08. The van der Waals surface area contributed by atoms with Crippen molar-refractivity contribution in [2.24, 2.45) is 0 Å². The normalized spacial score (nSPS) is 13.9. The molecule has 0 N–H and O–H groups in total. The predicted molar refractivity (Wildman–Crippen MR) is 127 cm³/mol. The SMILES string of the molecule is Cc1ccc(C2=C(N(C)c3ccccc3)C(=O)N(c3cccc(Cl)c3Cl)C2=O)cc1C. The Labute approximate surface area is 191 Å². The first-order chi connectivity index (χ1) is 14.8. The molecule has 0 bridgehead atoms. The van der Waals surface area contributed by atoms with Crippen LogP contribution in [-0.2, 0) is 9.59 Å². The van der Waals surface area contributed by atoms with Gasteiger partial charge in [0.05, 0.1) is 21.3 Å². The lowest BCUT2D eigenvalue weighted by atomic mass is 9.99. The smallest absolute Gasteiger partial charge is 0.282 e. The van der Waals surface area contributed by atoms with Gasteiger partial charge in [0.25, 0.3) is 11.8 Å². The summed E-state index contributed by atoms with van der Waals surface area (Å²) in [6.45, 7) is 3.98. The standard InChI is InChI=1S/C25H20Cl2N2O2/c1-15-12-13-17(14-16(15)2)21-23(28(3)18-8-5-4-6-9-18)25(31)29(24(21)30)20-11-7-10-19(26)22(20)27/h4-14H,1-3H3. The number of halogens is 2. The maximum Gasteiger partial charge on any atom is 0.282 e. The molecule has 4 rings (SSSR count). The van der Waals surface area contributed by atoms with Crippen molar-refractivity contribution in [2.75, 3.05) is 16.8 Å². The summed E-state index contributed by atoms with van der Waals surface area (Å²) in [5.41, 5.74) is 4.49. The number of anilines is 2. The summed E-state index contributed by atoms with van der Waals surface area (Å²) >= 11 is 12.5. The minimum Gasteiger partial charge on any atom is -0.339 e. The number of imide groups is 1. The van der Waals surface area contributed by atoms with Crippen molar-refractivity contribution in [2.45, 2.75) is 13.8 Å². The van der Waals surface area contributed by atoms with Crippen molar-refractivity contribution in [3.63, 3.8) is 0 Å². The third kappa shape index (κ3) is 3.62. The second kappa shape index (κ2) is 8.22. The molecule has 3 aromatic rings. The van der Waals surface area contributed by atoms with E-state index < -0.39 is 11.8 Å². The Morgan fingerprint density at radius 1 is 0.806 bits per heavy atom. The molecule has 2 amide bonds. The predicted octanol–water partition coefficient (Wildman–Crippen LogP) is 6.03. The molecule has 0 aromatic heterocycles. The Bertz CT molecular complexity index is 1240. The molecule has 0 aliphatic carbocycles. The van der Waals surface area contributed by atoms with Crippen molar-refractivity contribution in [3.05, 3.63) is 99.2 Å². The fourth-order valence-electron chi connectivity index (χ4n) is 3.65. The van der Waals surface area contributed by atoms with Crippen LogP contribution < -0.4 is 9.80 Å². The van der Waals surface area contributed by atoms with Gasteiger partial charge in [-0.25, -0.2) is 4.90 Å². The molecule has 31 heavy (non-hydrogen) atoms. The van der Waals surface area contributed by atoms with Gasteiger partial charge in [-0.3, -0.25) is 9.59 Å². The van der Waals surface area contributed by atoms with Crippen LogP contribution in [0.1, 0.15) is 16.7 Å². The number of hydrogen-bond donors (Lipinski definition) is 0. The number of amides is 2. The topological polar surface area (TPSA) is 40.6 Å². The molecular formula is C25H20Cl2N2O2. The minimum atomic E-state index is -0.450. The van der Waals surface area contributed by atoms with Crippen molar-refractivity contribution in [3.8, 4) is 0 Å². The summed E-state index contributed by atoms with van der Waals surface area (Å²) in [6, 6.07) is 20.1. The van der Waals surface area contributed by atoms with Gasteiger partial charge in [-0.05, 0) is 54.8 Å². The summed E-state index contributed by atoms with van der Waals surface area (Å²) < 4.78 is 0. The molecule has 4 nitrogen and oxygen atoms in total. The number of carbonyl (C=O) groups is 2. The average Bonchev–Trinajstić information content (AvgIpc) is 3.02. The largest absolute Gasteiger partial charge is 0.339 e. The van der Waals surface area contributed by atoms with E-state index in [0.717, 1.165) is 21.7 Å². The van der Waals surface area contributed by atoms with Crippen LogP contribution in [0, 0.1) is 13.8 Å². The Morgan fingerprint density at radius 3 is 2.19 bits per heavy atom. The number of benzene rings is 3. The molecule has 0 saturated carbocycles. The molecule has 156 valence electrons. The highest BCUT2D eigenvalue weighted by Gasteiger charge is 2.43. The zero-order chi connectivity index (χ0) is 22.3. The van der Waals surface area contributed by atoms with Gasteiger partial charge in [0.1, 0.15) is 5.70 Å². The van der Waals surface area contributed by atoms with Crippen LogP contribution in [0.25, 0.3) is 5.57 Å². The van der Waals surface area contributed by atoms with Gasteiger partial charge in [0, 0.05) is 12.7 Å². The van der Waals surface area contributed by atoms with Crippen LogP contribution >= 0.6 is 23.2 Å². The van der Waals surface area contributed by atoms with Crippen LogP contribution in [-0.4, -0.2) is 18.9 Å². The lowest BCUT2D eigenvalue weighted by Crippen LogP contribution is -2.34. The molecule has 0 spiro atoms. The molecule has 0 saturated heterocycles. The van der Waals surface area contributed by atoms with Gasteiger partial charge in [0.15, 0.2) is 0 Å². The monoisotopic (exact) mass is 450 g/mol. The molecular weight excluding hydrogens is 431 g/mol. The second-order valence-corrected chi connectivity index (χ2v) is 8.22. The molecule has 6 heteroatoms. The van der Waals surface area contributed by atoms with Crippen LogP contribution in [0.5, 0.6) is 0 Å². The summed E-state index contributed by atoms with van der Waals surface area (Å²) in [7, 11) is 1.78. The van der Waals surface area contributed by atoms with E-state index in [1.165, 1.54) is 0 Å². The fraction of sp³-hybridized carbons (Fsp3) is 0.120. The Morgan fingerprint density at radius 2 is 1.52 bits per heavy atom. The summed E-state index contributed by atoms with van der Waals surface area (Å²) in [4.78, 5) is 30.1. The second-order valence-electron chi connectivity index (χ2n) is 7.44. The first-order valence-electron chi connectivity index (χ1n) is 9.74. The molecule has 0 radical (unpaired) electrons. The van der Waals surface area contributed by atoms with Crippen molar-refractivity contribution >= 4 is 52.0 Å². The van der Waals surface area contributed by atoms with Crippen LogP contribution in [0.3, 0.4) is 0 Å². The Kier molecular flexibility index (Phi) is 5.61. The van der Waals surface area contributed by atoms with E-state index in [1.54, 1.807) is 30.1 Å². The molecule has 3 aromatic carbocycles. The van der Waals surface area contributed by atoms with Gasteiger partial charge >= 0.3 is 0 Å². The quantitative estimate of drug-likeness (QED) is 0.455. The number of nitrogens with zero attached hydrogens (tertiary/aromatic N) is 2. The zero-order valence-corrected chi connectivity index (χ0v) is 18.8. The Balaban J connectivity index is 1.93. The maximum absolute atomic E-state index is 13.6. The highest BCUT2D eigenvalue weighted by atomic mass is 35.5. The lowest BCUT2D eigenvalue weighted by molar-refractivity contribution is -0.120.